The second kappa shape index (κ2) is 7.66. The van der Waals surface area contributed by atoms with Gasteiger partial charge in [0.05, 0.1) is 34.1 Å². The highest BCUT2D eigenvalue weighted by Crippen LogP contribution is 2.40. The van der Waals surface area contributed by atoms with Crippen LogP contribution in [0.1, 0.15) is 5.69 Å². The fraction of sp³-hybridized carbons (Fsp3) is 0.211. The van der Waals surface area contributed by atoms with Crippen LogP contribution >= 0.6 is 0 Å². The lowest BCUT2D eigenvalue weighted by atomic mass is 10.1. The van der Waals surface area contributed by atoms with E-state index >= 15 is 0 Å². The number of rotatable bonds is 6. The predicted octanol–water partition coefficient (Wildman–Crippen LogP) is 2.84. The summed E-state index contributed by atoms with van der Waals surface area (Å²) in [5, 5.41) is 17.6. The average Bonchev–Trinajstić information content (AvgIpc) is 3.16. The third-order valence-corrected chi connectivity index (χ3v) is 4.03. The summed E-state index contributed by atoms with van der Waals surface area (Å²) in [5.41, 5.74) is 2.14. The minimum absolute atomic E-state index is 0.203. The molecule has 0 saturated heterocycles. The molecule has 3 aromatic rings. The van der Waals surface area contributed by atoms with E-state index in [-0.39, 0.29) is 5.69 Å². The van der Waals surface area contributed by atoms with Gasteiger partial charge in [-0.1, -0.05) is 5.21 Å². The van der Waals surface area contributed by atoms with Gasteiger partial charge in [-0.2, -0.15) is 5.26 Å². The fourth-order valence-corrected chi connectivity index (χ4v) is 2.74. The van der Waals surface area contributed by atoms with E-state index in [0.717, 1.165) is 5.56 Å². The number of nitrogens with zero attached hydrogens (tertiary/aromatic N) is 4. The molecular formula is C19H18N4O4. The van der Waals surface area contributed by atoms with Gasteiger partial charge in [0, 0.05) is 17.7 Å². The molecule has 1 heterocycles. The molecule has 2 aromatic carbocycles. The Kier molecular flexibility index (Phi) is 5.13. The van der Waals surface area contributed by atoms with Crippen LogP contribution in [0.4, 0.5) is 0 Å². The summed E-state index contributed by atoms with van der Waals surface area (Å²) in [5.74, 6) is 2.13. The standard InChI is InChI=1S/C19H18N4O4/c1-24-14-7-5-12(6-8-14)18-15(11-20)21-22-23(18)13-9-16(25-2)19(27-4)17(10-13)26-3/h5-10H,1-4H3. The van der Waals surface area contributed by atoms with Crippen molar-refractivity contribution in [2.24, 2.45) is 0 Å². The summed E-state index contributed by atoms with van der Waals surface area (Å²) >= 11 is 0. The van der Waals surface area contributed by atoms with Crippen molar-refractivity contribution < 1.29 is 18.9 Å². The lowest BCUT2D eigenvalue weighted by Gasteiger charge is -2.15. The molecule has 0 aliphatic heterocycles. The number of methoxy groups -OCH3 is 4. The van der Waals surface area contributed by atoms with Crippen molar-refractivity contribution in [3.8, 4) is 46.0 Å². The number of hydrogen-bond donors (Lipinski definition) is 0. The van der Waals surface area contributed by atoms with E-state index in [2.05, 4.69) is 16.4 Å². The third-order valence-electron chi connectivity index (χ3n) is 4.03. The first-order valence-electron chi connectivity index (χ1n) is 7.97. The van der Waals surface area contributed by atoms with Crippen LogP contribution in [0, 0.1) is 11.3 Å². The van der Waals surface area contributed by atoms with Gasteiger partial charge in [0.2, 0.25) is 5.75 Å². The van der Waals surface area contributed by atoms with E-state index in [1.165, 1.54) is 21.3 Å². The Bertz CT molecular complexity index is 965. The zero-order chi connectivity index (χ0) is 19.4. The Morgan fingerprint density at radius 1 is 0.889 bits per heavy atom. The number of nitriles is 1. The minimum Gasteiger partial charge on any atom is -0.497 e. The van der Waals surface area contributed by atoms with E-state index in [4.69, 9.17) is 18.9 Å². The molecule has 1 aromatic heterocycles. The van der Waals surface area contributed by atoms with Crippen LogP contribution in [0.5, 0.6) is 23.0 Å². The van der Waals surface area contributed by atoms with Gasteiger partial charge in [-0.15, -0.1) is 5.10 Å². The van der Waals surface area contributed by atoms with Crippen molar-refractivity contribution in [3.05, 3.63) is 42.1 Å². The van der Waals surface area contributed by atoms with Crippen molar-refractivity contribution in [1.82, 2.24) is 15.0 Å². The van der Waals surface area contributed by atoms with Crippen molar-refractivity contribution in [2.45, 2.75) is 0 Å². The first-order chi connectivity index (χ1) is 13.2. The normalized spacial score (nSPS) is 10.2. The van der Waals surface area contributed by atoms with E-state index < -0.39 is 0 Å². The minimum atomic E-state index is 0.203. The Morgan fingerprint density at radius 2 is 1.52 bits per heavy atom. The first-order valence-corrected chi connectivity index (χ1v) is 7.97. The second-order valence-corrected chi connectivity index (χ2v) is 5.42. The topological polar surface area (TPSA) is 91.4 Å². The Morgan fingerprint density at radius 3 is 2.00 bits per heavy atom. The molecule has 27 heavy (non-hydrogen) atoms. The third kappa shape index (κ3) is 3.22. The smallest absolute Gasteiger partial charge is 0.203 e. The largest absolute Gasteiger partial charge is 0.497 e. The van der Waals surface area contributed by atoms with Gasteiger partial charge >= 0.3 is 0 Å². The monoisotopic (exact) mass is 366 g/mol. The van der Waals surface area contributed by atoms with E-state index in [1.807, 2.05) is 24.3 Å². The van der Waals surface area contributed by atoms with Gasteiger partial charge in [-0.25, -0.2) is 4.68 Å². The highest BCUT2D eigenvalue weighted by Gasteiger charge is 2.20. The maximum Gasteiger partial charge on any atom is 0.203 e. The van der Waals surface area contributed by atoms with Crippen molar-refractivity contribution >= 4 is 0 Å². The summed E-state index contributed by atoms with van der Waals surface area (Å²) < 4.78 is 22.9. The van der Waals surface area contributed by atoms with Gasteiger partial charge in [0.25, 0.3) is 0 Å². The first kappa shape index (κ1) is 18.1. The molecule has 0 amide bonds. The molecule has 0 aliphatic carbocycles. The summed E-state index contributed by atoms with van der Waals surface area (Å²) in [6.45, 7) is 0. The molecule has 8 nitrogen and oxygen atoms in total. The molecule has 0 saturated carbocycles. The van der Waals surface area contributed by atoms with Gasteiger partial charge in [0.1, 0.15) is 17.5 Å². The maximum absolute atomic E-state index is 9.46. The lowest BCUT2D eigenvalue weighted by Crippen LogP contribution is -2.03. The summed E-state index contributed by atoms with van der Waals surface area (Å²) in [6, 6.07) is 12.9. The van der Waals surface area contributed by atoms with Crippen molar-refractivity contribution in [1.29, 1.82) is 5.26 Å². The molecule has 3 rings (SSSR count). The van der Waals surface area contributed by atoms with Crippen LogP contribution in [0.2, 0.25) is 0 Å². The van der Waals surface area contributed by atoms with Gasteiger partial charge in [0.15, 0.2) is 17.2 Å². The predicted molar refractivity (Wildman–Crippen MR) is 97.7 cm³/mol. The van der Waals surface area contributed by atoms with E-state index in [9.17, 15) is 5.26 Å². The number of hydrogen-bond acceptors (Lipinski definition) is 7. The molecule has 8 heteroatoms. The van der Waals surface area contributed by atoms with E-state index in [0.29, 0.717) is 34.4 Å². The summed E-state index contributed by atoms with van der Waals surface area (Å²) in [4.78, 5) is 0. The van der Waals surface area contributed by atoms with Gasteiger partial charge in [-0.05, 0) is 24.3 Å². The number of benzene rings is 2. The SMILES string of the molecule is COc1ccc(-c2c(C#N)nnn2-c2cc(OC)c(OC)c(OC)c2)cc1. The maximum atomic E-state index is 9.46. The Hall–Kier alpha value is -3.73. The highest BCUT2D eigenvalue weighted by molar-refractivity contribution is 5.69. The zero-order valence-corrected chi connectivity index (χ0v) is 15.4. The lowest BCUT2D eigenvalue weighted by molar-refractivity contribution is 0.324. The molecule has 0 fully saturated rings. The van der Waals surface area contributed by atoms with Gasteiger partial charge < -0.3 is 18.9 Å². The van der Waals surface area contributed by atoms with E-state index in [1.54, 1.807) is 23.9 Å². The summed E-state index contributed by atoms with van der Waals surface area (Å²) in [7, 11) is 6.20. The molecule has 0 N–H and O–H groups in total. The molecule has 138 valence electrons. The summed E-state index contributed by atoms with van der Waals surface area (Å²) in [6.07, 6.45) is 0. The molecule has 0 bridgehead atoms. The number of aromatic nitrogens is 3. The zero-order valence-electron chi connectivity index (χ0n) is 15.4. The van der Waals surface area contributed by atoms with Crippen LogP contribution in [0.3, 0.4) is 0 Å². The highest BCUT2D eigenvalue weighted by atomic mass is 16.5. The van der Waals surface area contributed by atoms with Crippen LogP contribution in [-0.4, -0.2) is 43.4 Å². The molecule has 0 unspecified atom stereocenters. The quantitative estimate of drug-likeness (QED) is 0.662. The fourth-order valence-electron chi connectivity index (χ4n) is 2.74. The average molecular weight is 366 g/mol. The van der Waals surface area contributed by atoms with Crippen LogP contribution in [-0.2, 0) is 0 Å². The van der Waals surface area contributed by atoms with Crippen LogP contribution in [0.15, 0.2) is 36.4 Å². The molecule has 0 spiro atoms. The van der Waals surface area contributed by atoms with Crippen LogP contribution < -0.4 is 18.9 Å². The van der Waals surface area contributed by atoms with Crippen molar-refractivity contribution in [2.75, 3.05) is 28.4 Å². The number of ether oxygens (including phenoxy) is 4. The Balaban J connectivity index is 2.21. The molecular weight excluding hydrogens is 348 g/mol. The molecule has 0 atom stereocenters. The van der Waals surface area contributed by atoms with Gasteiger partial charge in [-0.3, -0.25) is 0 Å². The molecule has 0 radical (unpaired) electrons. The van der Waals surface area contributed by atoms with Crippen LogP contribution in [0.25, 0.3) is 16.9 Å². The van der Waals surface area contributed by atoms with Crippen molar-refractivity contribution in [3.63, 3.8) is 0 Å². The second-order valence-electron chi connectivity index (χ2n) is 5.42. The molecule has 0 aliphatic rings. The Labute approximate surface area is 156 Å².